The van der Waals surface area contributed by atoms with Crippen LogP contribution in [0.2, 0.25) is 10.0 Å². The Balaban J connectivity index is 1.43. The SMILES string of the molecule is Cc1cc(S(=O)(=O)N(C)c2cc(C(=O)NCC3CCN(c4ccncc4)CC3)ccc2Cl)c(C)cc1Cl. The topological polar surface area (TPSA) is 82.6 Å². The molecule has 0 saturated carbocycles. The van der Waals surface area contributed by atoms with Crippen LogP contribution < -0.4 is 14.5 Å². The predicted octanol–water partition coefficient (Wildman–Crippen LogP) is 5.48. The van der Waals surface area contributed by atoms with Crippen molar-refractivity contribution in [1.29, 1.82) is 0 Å². The van der Waals surface area contributed by atoms with Crippen molar-refractivity contribution >= 4 is 50.5 Å². The molecule has 1 aromatic heterocycles. The van der Waals surface area contributed by atoms with Crippen LogP contribution >= 0.6 is 23.2 Å². The number of hydrogen-bond donors (Lipinski definition) is 1. The summed E-state index contributed by atoms with van der Waals surface area (Å²) in [6.07, 6.45) is 5.52. The first-order valence-electron chi connectivity index (χ1n) is 12.1. The molecule has 1 fully saturated rings. The first-order valence-corrected chi connectivity index (χ1v) is 14.3. The second-order valence-corrected chi connectivity index (χ2v) is 12.1. The number of aryl methyl sites for hydroxylation is 2. The van der Waals surface area contributed by atoms with E-state index in [1.165, 1.54) is 13.1 Å². The Morgan fingerprint density at radius 3 is 2.38 bits per heavy atom. The predicted molar refractivity (Wildman–Crippen MR) is 149 cm³/mol. The Morgan fingerprint density at radius 2 is 1.70 bits per heavy atom. The fourth-order valence-corrected chi connectivity index (χ4v) is 6.50. The maximum Gasteiger partial charge on any atom is 0.264 e. The van der Waals surface area contributed by atoms with Gasteiger partial charge < -0.3 is 10.2 Å². The highest BCUT2D eigenvalue weighted by Crippen LogP contribution is 2.33. The molecule has 37 heavy (non-hydrogen) atoms. The third kappa shape index (κ3) is 6.03. The maximum atomic E-state index is 13.4. The van der Waals surface area contributed by atoms with Crippen LogP contribution in [0, 0.1) is 19.8 Å². The molecule has 7 nitrogen and oxygen atoms in total. The smallest absolute Gasteiger partial charge is 0.264 e. The van der Waals surface area contributed by atoms with E-state index in [9.17, 15) is 13.2 Å². The average Bonchev–Trinajstić information content (AvgIpc) is 2.90. The zero-order chi connectivity index (χ0) is 26.7. The molecule has 1 N–H and O–H groups in total. The van der Waals surface area contributed by atoms with Crippen molar-refractivity contribution in [3.05, 3.63) is 81.6 Å². The van der Waals surface area contributed by atoms with E-state index in [1.54, 1.807) is 50.5 Å². The molecule has 0 aliphatic carbocycles. The first-order chi connectivity index (χ1) is 17.6. The second kappa shape index (κ2) is 11.3. The van der Waals surface area contributed by atoms with Crippen LogP contribution in [-0.2, 0) is 10.0 Å². The standard InChI is InChI=1S/C27H30Cl2N4O3S/c1-18-15-26(19(2)14-24(18)29)37(35,36)32(3)25-16-21(4-5-23(25)28)27(34)31-17-20-8-12-33(13-9-20)22-6-10-30-11-7-22/h4-7,10-11,14-16,20H,8-9,12-13,17H2,1-3H3,(H,31,34). The average molecular weight is 562 g/mol. The van der Waals surface area contributed by atoms with Gasteiger partial charge in [0, 0.05) is 55.3 Å². The number of carbonyl (C=O) groups excluding carboxylic acids is 1. The summed E-state index contributed by atoms with van der Waals surface area (Å²) in [6.45, 7) is 5.84. The van der Waals surface area contributed by atoms with E-state index >= 15 is 0 Å². The third-order valence-corrected chi connectivity index (χ3v) is 9.48. The van der Waals surface area contributed by atoms with Gasteiger partial charge in [0.25, 0.3) is 15.9 Å². The zero-order valence-corrected chi connectivity index (χ0v) is 23.4. The quantitative estimate of drug-likeness (QED) is 0.414. The fourth-order valence-electron chi connectivity index (χ4n) is 4.49. The lowest BCUT2D eigenvalue weighted by atomic mass is 9.96. The van der Waals surface area contributed by atoms with Crippen LogP contribution in [0.1, 0.15) is 34.3 Å². The van der Waals surface area contributed by atoms with Crippen LogP contribution in [0.25, 0.3) is 0 Å². The molecule has 1 aliphatic rings. The highest BCUT2D eigenvalue weighted by molar-refractivity contribution is 7.92. The molecule has 1 amide bonds. The molecule has 1 aliphatic heterocycles. The van der Waals surface area contributed by atoms with Gasteiger partial charge in [0.05, 0.1) is 15.6 Å². The highest BCUT2D eigenvalue weighted by atomic mass is 35.5. The summed E-state index contributed by atoms with van der Waals surface area (Å²) >= 11 is 12.5. The molecule has 4 rings (SSSR count). The number of rotatable bonds is 7. The number of sulfonamides is 1. The lowest BCUT2D eigenvalue weighted by Crippen LogP contribution is -2.38. The maximum absolute atomic E-state index is 13.4. The van der Waals surface area contributed by atoms with E-state index in [0.29, 0.717) is 34.2 Å². The van der Waals surface area contributed by atoms with Crippen molar-refractivity contribution in [2.24, 2.45) is 5.92 Å². The van der Waals surface area contributed by atoms with Crippen molar-refractivity contribution < 1.29 is 13.2 Å². The number of aromatic nitrogens is 1. The lowest BCUT2D eigenvalue weighted by molar-refractivity contribution is 0.0945. The monoisotopic (exact) mass is 560 g/mol. The van der Waals surface area contributed by atoms with Gasteiger partial charge in [-0.15, -0.1) is 0 Å². The van der Waals surface area contributed by atoms with Crippen LogP contribution in [-0.4, -0.2) is 46.0 Å². The molecular weight excluding hydrogens is 531 g/mol. The molecule has 3 aromatic rings. The highest BCUT2D eigenvalue weighted by Gasteiger charge is 2.27. The number of piperidine rings is 1. The van der Waals surface area contributed by atoms with Gasteiger partial charge in [0.2, 0.25) is 0 Å². The van der Waals surface area contributed by atoms with Crippen molar-refractivity contribution in [2.75, 3.05) is 35.9 Å². The number of nitrogens with one attached hydrogen (secondary N) is 1. The van der Waals surface area contributed by atoms with Gasteiger partial charge in [-0.05, 0) is 86.2 Å². The first kappa shape index (κ1) is 27.2. The minimum atomic E-state index is -3.93. The van der Waals surface area contributed by atoms with Crippen LogP contribution in [0.5, 0.6) is 0 Å². The molecule has 0 unspecified atom stereocenters. The van der Waals surface area contributed by atoms with Crippen molar-refractivity contribution in [3.63, 3.8) is 0 Å². The second-order valence-electron chi connectivity index (χ2n) is 9.35. The van der Waals surface area contributed by atoms with Gasteiger partial charge in [-0.2, -0.15) is 0 Å². The molecule has 0 atom stereocenters. The Morgan fingerprint density at radius 1 is 1.03 bits per heavy atom. The third-order valence-electron chi connectivity index (χ3n) is 6.84. The molecule has 0 spiro atoms. The number of hydrogen-bond acceptors (Lipinski definition) is 5. The number of halogens is 2. The Kier molecular flexibility index (Phi) is 8.31. The molecular formula is C27H30Cl2N4O3S. The van der Waals surface area contributed by atoms with E-state index in [4.69, 9.17) is 23.2 Å². The van der Waals surface area contributed by atoms with Crippen molar-refractivity contribution in [2.45, 2.75) is 31.6 Å². The van der Waals surface area contributed by atoms with Gasteiger partial charge >= 0.3 is 0 Å². The molecule has 0 bridgehead atoms. The normalized spacial score (nSPS) is 14.5. The number of benzene rings is 2. The molecule has 196 valence electrons. The summed E-state index contributed by atoms with van der Waals surface area (Å²) in [4.78, 5) is 19.5. The number of amides is 1. The summed E-state index contributed by atoms with van der Waals surface area (Å²) in [5.74, 6) is 0.103. The minimum Gasteiger partial charge on any atom is -0.371 e. The van der Waals surface area contributed by atoms with E-state index in [1.807, 2.05) is 12.1 Å². The molecule has 2 aromatic carbocycles. The summed E-state index contributed by atoms with van der Waals surface area (Å²) < 4.78 is 28.0. The molecule has 2 heterocycles. The van der Waals surface area contributed by atoms with E-state index in [0.717, 1.165) is 35.9 Å². The van der Waals surface area contributed by atoms with Gasteiger partial charge in [0.15, 0.2) is 0 Å². The summed E-state index contributed by atoms with van der Waals surface area (Å²) in [5.41, 5.74) is 2.92. The summed E-state index contributed by atoms with van der Waals surface area (Å²) in [5, 5.41) is 3.74. The van der Waals surface area contributed by atoms with Gasteiger partial charge in [-0.1, -0.05) is 23.2 Å². The number of pyridine rings is 1. The summed E-state index contributed by atoms with van der Waals surface area (Å²) in [6, 6.07) is 11.9. The Bertz CT molecular complexity index is 1390. The van der Waals surface area contributed by atoms with E-state index in [-0.39, 0.29) is 21.5 Å². The van der Waals surface area contributed by atoms with Crippen molar-refractivity contribution in [1.82, 2.24) is 10.3 Å². The zero-order valence-electron chi connectivity index (χ0n) is 21.0. The lowest BCUT2D eigenvalue weighted by Gasteiger charge is -2.33. The van der Waals surface area contributed by atoms with Gasteiger partial charge in [-0.3, -0.25) is 14.1 Å². The van der Waals surface area contributed by atoms with E-state index < -0.39 is 10.0 Å². The molecule has 1 saturated heterocycles. The Hall–Kier alpha value is -2.81. The minimum absolute atomic E-state index is 0.140. The number of carbonyl (C=O) groups is 1. The van der Waals surface area contributed by atoms with Crippen LogP contribution in [0.15, 0.2) is 59.8 Å². The number of nitrogens with zero attached hydrogens (tertiary/aromatic N) is 3. The molecule has 0 radical (unpaired) electrons. The van der Waals surface area contributed by atoms with E-state index in [2.05, 4.69) is 15.2 Å². The molecule has 10 heteroatoms. The van der Waals surface area contributed by atoms with Gasteiger partial charge in [-0.25, -0.2) is 8.42 Å². The van der Waals surface area contributed by atoms with Crippen LogP contribution in [0.4, 0.5) is 11.4 Å². The summed E-state index contributed by atoms with van der Waals surface area (Å²) in [7, 11) is -2.51. The fraction of sp³-hybridized carbons (Fsp3) is 0.333. The number of anilines is 2. The largest absolute Gasteiger partial charge is 0.371 e. The van der Waals surface area contributed by atoms with Gasteiger partial charge in [0.1, 0.15) is 0 Å². The van der Waals surface area contributed by atoms with Crippen molar-refractivity contribution in [3.8, 4) is 0 Å². The van der Waals surface area contributed by atoms with Crippen LogP contribution in [0.3, 0.4) is 0 Å². The Labute approximate surface area is 228 Å².